The molecular weight excluding hydrogens is 365 g/mol. The van der Waals surface area contributed by atoms with E-state index in [1.807, 2.05) is 6.92 Å². The molecule has 0 aromatic heterocycles. The quantitative estimate of drug-likeness (QED) is 0.726. The summed E-state index contributed by atoms with van der Waals surface area (Å²) in [5.74, 6) is -1.39. The number of hydrogen-bond donors (Lipinski definition) is 2. The maximum atomic E-state index is 14.0. The zero-order valence-corrected chi connectivity index (χ0v) is 14.1. The first kappa shape index (κ1) is 17.9. The summed E-state index contributed by atoms with van der Waals surface area (Å²) in [7, 11) is -2.94. The molecule has 0 aliphatic rings. The Morgan fingerprint density at radius 3 is 2.67 bits per heavy atom. The zero-order valence-electron chi connectivity index (χ0n) is 11.7. The van der Waals surface area contributed by atoms with Gasteiger partial charge < -0.3 is 11.1 Å². The highest BCUT2D eigenvalue weighted by atomic mass is 79.9. The van der Waals surface area contributed by atoms with Crippen LogP contribution in [0.1, 0.15) is 13.3 Å². The molecular formula is C12H17BrFN3O3S. The van der Waals surface area contributed by atoms with Gasteiger partial charge in [-0.15, -0.1) is 0 Å². The minimum absolute atomic E-state index is 0.0510. The highest BCUT2D eigenvalue weighted by molar-refractivity contribution is 9.10. The van der Waals surface area contributed by atoms with Crippen molar-refractivity contribution in [2.45, 2.75) is 18.2 Å². The molecule has 3 N–H and O–H groups in total. The van der Waals surface area contributed by atoms with Gasteiger partial charge in [0.25, 0.3) is 0 Å². The molecule has 0 bridgehead atoms. The Morgan fingerprint density at radius 2 is 2.10 bits per heavy atom. The summed E-state index contributed by atoms with van der Waals surface area (Å²) in [6.07, 6.45) is 0.735. The molecule has 0 spiro atoms. The van der Waals surface area contributed by atoms with Crippen LogP contribution in [0, 0.1) is 5.82 Å². The van der Waals surface area contributed by atoms with Crippen LogP contribution in [0.5, 0.6) is 0 Å². The Bertz CT molecular complexity index is 637. The van der Waals surface area contributed by atoms with Gasteiger partial charge in [0.2, 0.25) is 15.9 Å². The van der Waals surface area contributed by atoms with Crippen LogP contribution in [0.25, 0.3) is 0 Å². The maximum Gasteiger partial charge on any atom is 0.246 e. The molecule has 0 aliphatic heterocycles. The molecule has 0 saturated heterocycles. The number of hydrogen-bond acceptors (Lipinski definition) is 4. The van der Waals surface area contributed by atoms with Gasteiger partial charge >= 0.3 is 0 Å². The molecule has 118 valence electrons. The number of nitrogens with two attached hydrogens (primary N) is 1. The number of likely N-dealkylation sites (N-methyl/N-ethyl adjacent to an activating group) is 1. The van der Waals surface area contributed by atoms with Crippen molar-refractivity contribution in [1.82, 2.24) is 9.62 Å². The Hall–Kier alpha value is -1.19. The lowest BCUT2D eigenvalue weighted by molar-refractivity contribution is -0.121. The largest absolute Gasteiger partial charge is 0.399 e. The van der Waals surface area contributed by atoms with Crippen molar-refractivity contribution in [3.05, 3.63) is 22.4 Å². The van der Waals surface area contributed by atoms with Gasteiger partial charge in [-0.2, -0.15) is 4.31 Å². The normalized spacial score (nSPS) is 11.7. The second-order valence-electron chi connectivity index (χ2n) is 4.43. The highest BCUT2D eigenvalue weighted by Gasteiger charge is 2.27. The van der Waals surface area contributed by atoms with Crippen molar-refractivity contribution in [3.8, 4) is 0 Å². The van der Waals surface area contributed by atoms with Gasteiger partial charge in [-0.3, -0.25) is 4.79 Å². The number of nitrogens with one attached hydrogen (secondary N) is 1. The van der Waals surface area contributed by atoms with Crippen LogP contribution in [0.15, 0.2) is 21.5 Å². The first-order chi connectivity index (χ1) is 9.70. The van der Waals surface area contributed by atoms with Crippen LogP contribution in [0.4, 0.5) is 10.1 Å². The van der Waals surface area contributed by atoms with Crippen molar-refractivity contribution in [2.24, 2.45) is 0 Å². The molecule has 0 heterocycles. The summed E-state index contributed by atoms with van der Waals surface area (Å²) in [5.41, 5.74) is 5.64. The number of benzene rings is 1. The molecule has 1 aromatic carbocycles. The summed E-state index contributed by atoms with van der Waals surface area (Å²) in [5, 5.41) is 2.55. The van der Waals surface area contributed by atoms with E-state index in [1.165, 1.54) is 13.1 Å². The number of carbonyl (C=O) groups excluding carboxylic acids is 1. The molecule has 1 rings (SSSR count). The van der Waals surface area contributed by atoms with Crippen LogP contribution in [-0.4, -0.2) is 38.8 Å². The van der Waals surface area contributed by atoms with E-state index < -0.39 is 33.2 Å². The maximum absolute atomic E-state index is 14.0. The van der Waals surface area contributed by atoms with Gasteiger partial charge in [-0.1, -0.05) is 6.92 Å². The lowest BCUT2D eigenvalue weighted by Crippen LogP contribution is -2.38. The summed E-state index contributed by atoms with van der Waals surface area (Å²) in [6.45, 7) is 1.93. The average Bonchev–Trinajstić information content (AvgIpc) is 2.40. The summed E-state index contributed by atoms with van der Waals surface area (Å²) < 4.78 is 39.3. The molecule has 0 saturated carbocycles. The number of sulfonamides is 1. The number of anilines is 1. The number of amides is 1. The van der Waals surface area contributed by atoms with E-state index in [0.717, 1.165) is 16.8 Å². The first-order valence-corrected chi connectivity index (χ1v) is 8.41. The standard InChI is InChI=1S/C12H17BrFN3O3S/c1-3-4-16-11(18)7-17(2)21(19,20)10-6-8(15)5-9(13)12(10)14/h5-6H,3-4,7,15H2,1-2H3,(H,16,18). The highest BCUT2D eigenvalue weighted by Crippen LogP contribution is 2.27. The van der Waals surface area contributed by atoms with Crippen molar-refractivity contribution in [3.63, 3.8) is 0 Å². The molecule has 0 fully saturated rings. The number of nitrogens with zero attached hydrogens (tertiary/aromatic N) is 1. The van der Waals surface area contributed by atoms with Gasteiger partial charge in [0.05, 0.1) is 11.0 Å². The third-order valence-electron chi connectivity index (χ3n) is 2.64. The van der Waals surface area contributed by atoms with E-state index in [4.69, 9.17) is 5.73 Å². The topological polar surface area (TPSA) is 92.5 Å². The summed E-state index contributed by atoms with van der Waals surface area (Å²) in [4.78, 5) is 11.0. The third kappa shape index (κ3) is 4.39. The Labute approximate surface area is 131 Å². The molecule has 9 heteroatoms. The zero-order chi connectivity index (χ0) is 16.2. The second-order valence-corrected chi connectivity index (χ2v) is 7.29. The second kappa shape index (κ2) is 7.19. The smallest absolute Gasteiger partial charge is 0.246 e. The van der Waals surface area contributed by atoms with Crippen molar-refractivity contribution < 1.29 is 17.6 Å². The first-order valence-electron chi connectivity index (χ1n) is 6.17. The van der Waals surface area contributed by atoms with Crippen LogP contribution in [0.2, 0.25) is 0 Å². The van der Waals surface area contributed by atoms with E-state index in [1.54, 1.807) is 0 Å². The fourth-order valence-electron chi connectivity index (χ4n) is 1.55. The van der Waals surface area contributed by atoms with Crippen LogP contribution in [0.3, 0.4) is 0 Å². The molecule has 1 amide bonds. The molecule has 1 aromatic rings. The lowest BCUT2D eigenvalue weighted by Gasteiger charge is -2.18. The fourth-order valence-corrected chi connectivity index (χ4v) is 3.40. The number of carbonyl (C=O) groups is 1. The molecule has 6 nitrogen and oxygen atoms in total. The molecule has 21 heavy (non-hydrogen) atoms. The van der Waals surface area contributed by atoms with Crippen LogP contribution >= 0.6 is 15.9 Å². The third-order valence-corrected chi connectivity index (χ3v) is 5.02. The van der Waals surface area contributed by atoms with Gasteiger partial charge in [0.1, 0.15) is 4.90 Å². The number of nitrogen functional groups attached to an aromatic ring is 1. The predicted molar refractivity (Wildman–Crippen MR) is 81.6 cm³/mol. The van der Waals surface area contributed by atoms with Crippen LogP contribution in [-0.2, 0) is 14.8 Å². The van der Waals surface area contributed by atoms with Crippen molar-refractivity contribution in [1.29, 1.82) is 0 Å². The van der Waals surface area contributed by atoms with Crippen LogP contribution < -0.4 is 11.1 Å². The summed E-state index contributed by atoms with van der Waals surface area (Å²) in [6, 6.07) is 2.29. The van der Waals surface area contributed by atoms with E-state index >= 15 is 0 Å². The van der Waals surface area contributed by atoms with Crippen molar-refractivity contribution >= 4 is 37.5 Å². The van der Waals surface area contributed by atoms with Gasteiger partial charge in [0, 0.05) is 19.3 Å². The monoisotopic (exact) mass is 381 g/mol. The fraction of sp³-hybridized carbons (Fsp3) is 0.417. The van der Waals surface area contributed by atoms with Gasteiger partial charge in [0.15, 0.2) is 5.82 Å². The van der Waals surface area contributed by atoms with Crippen molar-refractivity contribution in [2.75, 3.05) is 25.9 Å². The van der Waals surface area contributed by atoms with E-state index in [-0.39, 0.29) is 10.2 Å². The lowest BCUT2D eigenvalue weighted by atomic mass is 10.3. The summed E-state index contributed by atoms with van der Waals surface area (Å²) >= 11 is 2.91. The molecule has 0 radical (unpaired) electrons. The average molecular weight is 382 g/mol. The minimum Gasteiger partial charge on any atom is -0.399 e. The van der Waals surface area contributed by atoms with E-state index in [9.17, 15) is 17.6 Å². The Kier molecular flexibility index (Phi) is 6.11. The van der Waals surface area contributed by atoms with E-state index in [2.05, 4.69) is 21.2 Å². The number of rotatable bonds is 6. The SMILES string of the molecule is CCCNC(=O)CN(C)S(=O)(=O)c1cc(N)cc(Br)c1F. The Morgan fingerprint density at radius 1 is 1.48 bits per heavy atom. The molecule has 0 atom stereocenters. The van der Waals surface area contributed by atoms with Gasteiger partial charge in [-0.05, 0) is 34.5 Å². The van der Waals surface area contributed by atoms with Gasteiger partial charge in [-0.25, -0.2) is 12.8 Å². The minimum atomic E-state index is -4.15. The molecule has 0 unspecified atom stereocenters. The predicted octanol–water partition coefficient (Wildman–Crippen LogP) is 1.32. The Balaban J connectivity index is 3.03. The number of halogens is 2. The molecule has 0 aliphatic carbocycles. The van der Waals surface area contributed by atoms with E-state index in [0.29, 0.717) is 6.54 Å².